The summed E-state index contributed by atoms with van der Waals surface area (Å²) in [5.74, 6) is -0.638. The van der Waals surface area contributed by atoms with Gasteiger partial charge < -0.3 is 14.6 Å². The zero-order valence-electron chi connectivity index (χ0n) is 15.1. The van der Waals surface area contributed by atoms with Crippen LogP contribution in [0.15, 0.2) is 60.7 Å². The number of esters is 2. The molecule has 5 nitrogen and oxygen atoms in total. The lowest BCUT2D eigenvalue weighted by molar-refractivity contribution is 0.0183. The number of ether oxygens (including phenoxy) is 2. The molecule has 1 aliphatic rings. The highest BCUT2D eigenvalue weighted by atomic mass is 16.5. The van der Waals surface area contributed by atoms with Crippen molar-refractivity contribution in [2.24, 2.45) is 17.8 Å². The molecule has 0 radical (unpaired) electrons. The second-order valence-corrected chi connectivity index (χ2v) is 6.87. The first-order valence-electron chi connectivity index (χ1n) is 9.24. The van der Waals surface area contributed by atoms with E-state index >= 15 is 0 Å². The van der Waals surface area contributed by atoms with Crippen LogP contribution in [0.25, 0.3) is 0 Å². The Hall–Kier alpha value is -2.66. The van der Waals surface area contributed by atoms with Crippen LogP contribution < -0.4 is 0 Å². The van der Waals surface area contributed by atoms with Crippen LogP contribution in [0.5, 0.6) is 0 Å². The Morgan fingerprint density at radius 1 is 0.778 bits per heavy atom. The number of rotatable bonds is 7. The first kappa shape index (κ1) is 19.1. The fraction of sp³-hybridized carbons (Fsp3) is 0.364. The number of aliphatic hydroxyl groups excluding tert-OH is 1. The van der Waals surface area contributed by atoms with Gasteiger partial charge in [0.15, 0.2) is 0 Å². The Morgan fingerprint density at radius 3 is 1.78 bits per heavy atom. The molecule has 3 rings (SSSR count). The highest BCUT2D eigenvalue weighted by molar-refractivity contribution is 5.89. The Kier molecular flexibility index (Phi) is 6.60. The average molecular weight is 368 g/mol. The van der Waals surface area contributed by atoms with Crippen molar-refractivity contribution in [2.75, 3.05) is 19.8 Å². The maximum Gasteiger partial charge on any atom is 0.338 e. The molecule has 142 valence electrons. The number of aliphatic hydroxyl groups is 1. The van der Waals surface area contributed by atoms with Crippen LogP contribution in [0, 0.1) is 17.8 Å². The predicted octanol–water partition coefficient (Wildman–Crippen LogP) is 3.34. The van der Waals surface area contributed by atoms with Gasteiger partial charge in [0.2, 0.25) is 0 Å². The van der Waals surface area contributed by atoms with E-state index in [2.05, 4.69) is 0 Å². The minimum atomic E-state index is -0.376. The molecule has 1 N–H and O–H groups in total. The summed E-state index contributed by atoms with van der Waals surface area (Å²) in [5, 5.41) is 9.64. The summed E-state index contributed by atoms with van der Waals surface area (Å²) >= 11 is 0. The summed E-state index contributed by atoms with van der Waals surface area (Å²) in [6.45, 7) is 0.515. The molecule has 0 amide bonds. The van der Waals surface area contributed by atoms with E-state index in [1.165, 1.54) is 0 Å². The maximum absolute atomic E-state index is 12.2. The molecule has 0 heterocycles. The summed E-state index contributed by atoms with van der Waals surface area (Å²) < 4.78 is 10.9. The van der Waals surface area contributed by atoms with Gasteiger partial charge in [-0.25, -0.2) is 9.59 Å². The van der Waals surface area contributed by atoms with Gasteiger partial charge in [0, 0.05) is 12.5 Å². The Balaban J connectivity index is 1.56. The van der Waals surface area contributed by atoms with Crippen molar-refractivity contribution >= 4 is 11.9 Å². The fourth-order valence-corrected chi connectivity index (χ4v) is 3.62. The molecule has 0 aliphatic heterocycles. The summed E-state index contributed by atoms with van der Waals surface area (Å²) in [7, 11) is 0. The van der Waals surface area contributed by atoms with Crippen LogP contribution >= 0.6 is 0 Å². The highest BCUT2D eigenvalue weighted by Gasteiger charge is 2.37. The number of hydrogen-bond donors (Lipinski definition) is 1. The van der Waals surface area contributed by atoms with E-state index in [4.69, 9.17) is 9.47 Å². The van der Waals surface area contributed by atoms with Crippen molar-refractivity contribution in [3.8, 4) is 0 Å². The molecular weight excluding hydrogens is 344 g/mol. The molecular formula is C22H24O5. The van der Waals surface area contributed by atoms with Crippen molar-refractivity contribution in [3.63, 3.8) is 0 Å². The summed E-state index contributed by atoms with van der Waals surface area (Å²) in [4.78, 5) is 24.3. The lowest BCUT2D eigenvalue weighted by atomic mass is 9.91. The quantitative estimate of drug-likeness (QED) is 0.759. The van der Waals surface area contributed by atoms with Crippen LogP contribution in [0.3, 0.4) is 0 Å². The van der Waals surface area contributed by atoms with Crippen molar-refractivity contribution in [1.82, 2.24) is 0 Å². The molecule has 0 saturated heterocycles. The molecule has 2 aromatic carbocycles. The van der Waals surface area contributed by atoms with Crippen molar-refractivity contribution in [3.05, 3.63) is 71.8 Å². The summed E-state index contributed by atoms with van der Waals surface area (Å²) in [6, 6.07) is 17.7. The predicted molar refractivity (Wildman–Crippen MR) is 100 cm³/mol. The van der Waals surface area contributed by atoms with Gasteiger partial charge in [-0.1, -0.05) is 36.4 Å². The van der Waals surface area contributed by atoms with E-state index in [9.17, 15) is 14.7 Å². The molecule has 2 aromatic rings. The van der Waals surface area contributed by atoms with E-state index < -0.39 is 0 Å². The number of carbonyl (C=O) groups is 2. The average Bonchev–Trinajstić information content (AvgIpc) is 3.13. The molecule has 27 heavy (non-hydrogen) atoms. The second kappa shape index (κ2) is 9.33. The van der Waals surface area contributed by atoms with Crippen LogP contribution in [0.4, 0.5) is 0 Å². The number of hydrogen-bond acceptors (Lipinski definition) is 5. The minimum absolute atomic E-state index is 0.0220. The fourth-order valence-electron chi connectivity index (χ4n) is 3.62. The zero-order valence-corrected chi connectivity index (χ0v) is 15.1. The molecule has 1 aliphatic carbocycles. The lowest BCUT2D eigenvalue weighted by Crippen LogP contribution is -2.28. The van der Waals surface area contributed by atoms with Gasteiger partial charge in [-0.3, -0.25) is 0 Å². The van der Waals surface area contributed by atoms with Gasteiger partial charge in [0.25, 0.3) is 0 Å². The zero-order chi connectivity index (χ0) is 19.1. The van der Waals surface area contributed by atoms with E-state index in [1.807, 2.05) is 12.1 Å². The van der Waals surface area contributed by atoms with Crippen LogP contribution in [-0.2, 0) is 9.47 Å². The van der Waals surface area contributed by atoms with E-state index in [-0.39, 0.29) is 49.5 Å². The largest absolute Gasteiger partial charge is 0.462 e. The number of carbonyl (C=O) groups excluding carboxylic acids is 2. The van der Waals surface area contributed by atoms with Gasteiger partial charge in [-0.2, -0.15) is 0 Å². The minimum Gasteiger partial charge on any atom is -0.462 e. The molecule has 0 bridgehead atoms. The van der Waals surface area contributed by atoms with Crippen molar-refractivity contribution < 1.29 is 24.2 Å². The SMILES string of the molecule is O=C(OC[C@H]1CC[C@H](CO)[C@@H]1COC(=O)c1ccccc1)c1ccccc1. The third kappa shape index (κ3) is 4.95. The molecule has 0 unspecified atom stereocenters. The van der Waals surface area contributed by atoms with Crippen LogP contribution in [0.2, 0.25) is 0 Å². The van der Waals surface area contributed by atoms with Crippen LogP contribution in [0.1, 0.15) is 33.6 Å². The van der Waals surface area contributed by atoms with Gasteiger partial charge in [0.1, 0.15) is 0 Å². The standard InChI is InChI=1S/C22H24O5/c23-13-18-11-12-19(14-26-21(24)16-7-3-1-4-8-16)20(18)15-27-22(25)17-9-5-2-6-10-17/h1-10,18-20,23H,11-15H2/t18-,19-,20+/m1/s1. The van der Waals surface area contributed by atoms with Crippen LogP contribution in [-0.4, -0.2) is 36.9 Å². The Labute approximate surface area is 158 Å². The molecule has 0 spiro atoms. The van der Waals surface area contributed by atoms with Crippen molar-refractivity contribution in [1.29, 1.82) is 0 Å². The molecule has 3 atom stereocenters. The molecule has 0 aromatic heterocycles. The second-order valence-electron chi connectivity index (χ2n) is 6.87. The Morgan fingerprint density at radius 2 is 1.26 bits per heavy atom. The van der Waals surface area contributed by atoms with Gasteiger partial charge in [0.05, 0.1) is 24.3 Å². The topological polar surface area (TPSA) is 72.8 Å². The van der Waals surface area contributed by atoms with Gasteiger partial charge in [-0.05, 0) is 48.9 Å². The smallest absolute Gasteiger partial charge is 0.338 e. The maximum atomic E-state index is 12.2. The monoisotopic (exact) mass is 368 g/mol. The third-order valence-corrected chi connectivity index (χ3v) is 5.21. The van der Waals surface area contributed by atoms with Gasteiger partial charge >= 0.3 is 11.9 Å². The lowest BCUT2D eigenvalue weighted by Gasteiger charge is -2.23. The molecule has 5 heteroatoms. The van der Waals surface area contributed by atoms with Gasteiger partial charge in [-0.15, -0.1) is 0 Å². The van der Waals surface area contributed by atoms with Crippen molar-refractivity contribution in [2.45, 2.75) is 12.8 Å². The molecule has 1 saturated carbocycles. The number of benzene rings is 2. The summed E-state index contributed by atoms with van der Waals surface area (Å²) in [6.07, 6.45) is 1.67. The third-order valence-electron chi connectivity index (χ3n) is 5.21. The first-order chi connectivity index (χ1) is 13.2. The van der Waals surface area contributed by atoms with E-state index in [0.29, 0.717) is 11.1 Å². The highest BCUT2D eigenvalue weighted by Crippen LogP contribution is 2.37. The first-order valence-corrected chi connectivity index (χ1v) is 9.24. The van der Waals surface area contributed by atoms with E-state index in [1.54, 1.807) is 48.5 Å². The normalized spacial score (nSPS) is 21.6. The summed E-state index contributed by atoms with van der Waals surface area (Å²) in [5.41, 5.74) is 1.02. The molecule has 1 fully saturated rings. The van der Waals surface area contributed by atoms with E-state index in [0.717, 1.165) is 12.8 Å². The Bertz CT molecular complexity index is 744.